The van der Waals surface area contributed by atoms with Crippen LogP contribution in [-0.4, -0.2) is 60.4 Å². The van der Waals surface area contributed by atoms with E-state index >= 15 is 0 Å². The van der Waals surface area contributed by atoms with Crippen LogP contribution < -0.4 is 5.32 Å². The second kappa shape index (κ2) is 6.00. The fourth-order valence-corrected chi connectivity index (χ4v) is 3.76. The number of carbonyl (C=O) groups is 1. The van der Waals surface area contributed by atoms with Crippen LogP contribution in [0, 0.1) is 5.92 Å². The molecule has 2 aliphatic carbocycles. The van der Waals surface area contributed by atoms with Gasteiger partial charge in [0.25, 0.3) is 0 Å². The molecule has 1 aliphatic heterocycles. The van der Waals surface area contributed by atoms with Gasteiger partial charge in [0.1, 0.15) is 5.54 Å². The fraction of sp³-hybridized carbons (Fsp3) is 0.933. The van der Waals surface area contributed by atoms with Crippen molar-refractivity contribution in [1.29, 1.82) is 0 Å². The molecule has 3 aliphatic rings. The Labute approximate surface area is 120 Å². The van der Waals surface area contributed by atoms with Crippen LogP contribution in [0.2, 0.25) is 0 Å². The summed E-state index contributed by atoms with van der Waals surface area (Å²) in [6, 6.07) is 0.454. The van der Waals surface area contributed by atoms with Crippen molar-refractivity contribution >= 4 is 5.97 Å². The lowest BCUT2D eigenvalue weighted by atomic mass is 9.84. The third-order valence-electron chi connectivity index (χ3n) is 5.14. The number of morpholine rings is 1. The average Bonchev–Trinajstić information content (AvgIpc) is 3.16. The zero-order chi connectivity index (χ0) is 14.0. The van der Waals surface area contributed by atoms with Gasteiger partial charge in [-0.2, -0.15) is 0 Å². The number of hydrogen-bond donors (Lipinski definition) is 2. The number of hydrogen-bond acceptors (Lipinski definition) is 4. The van der Waals surface area contributed by atoms with E-state index < -0.39 is 11.5 Å². The highest BCUT2D eigenvalue weighted by atomic mass is 16.5. The summed E-state index contributed by atoms with van der Waals surface area (Å²) in [6.45, 7) is 4.62. The predicted molar refractivity (Wildman–Crippen MR) is 75.7 cm³/mol. The minimum atomic E-state index is -0.645. The van der Waals surface area contributed by atoms with Gasteiger partial charge in [-0.15, -0.1) is 0 Å². The molecule has 0 bridgehead atoms. The third-order valence-corrected chi connectivity index (χ3v) is 5.14. The van der Waals surface area contributed by atoms with Crippen molar-refractivity contribution in [2.75, 3.05) is 32.8 Å². The maximum absolute atomic E-state index is 11.9. The molecule has 2 N–H and O–H groups in total. The molecule has 2 unspecified atom stereocenters. The Bertz CT molecular complexity index is 353. The summed E-state index contributed by atoms with van der Waals surface area (Å²) in [7, 11) is 0. The SMILES string of the molecule is O=C(O)C1(NC2CC2)CCCC1CCN1CCOCC1. The molecule has 2 saturated carbocycles. The molecule has 3 rings (SSSR count). The van der Waals surface area contributed by atoms with Crippen molar-refractivity contribution in [2.24, 2.45) is 5.92 Å². The number of carboxylic acids is 1. The molecule has 1 saturated heterocycles. The van der Waals surface area contributed by atoms with E-state index in [1.807, 2.05) is 0 Å². The molecule has 0 radical (unpaired) electrons. The van der Waals surface area contributed by atoms with Crippen LogP contribution in [0.15, 0.2) is 0 Å². The first-order valence-corrected chi connectivity index (χ1v) is 8.02. The van der Waals surface area contributed by atoms with Gasteiger partial charge in [-0.3, -0.25) is 15.0 Å². The first-order chi connectivity index (χ1) is 9.71. The quantitative estimate of drug-likeness (QED) is 0.763. The maximum Gasteiger partial charge on any atom is 0.324 e. The lowest BCUT2D eigenvalue weighted by Crippen LogP contribution is -2.56. The second-order valence-electron chi connectivity index (χ2n) is 6.53. The van der Waals surface area contributed by atoms with E-state index in [1.165, 1.54) is 0 Å². The van der Waals surface area contributed by atoms with Crippen LogP contribution in [0.5, 0.6) is 0 Å². The lowest BCUT2D eigenvalue weighted by molar-refractivity contribution is -0.147. The highest BCUT2D eigenvalue weighted by molar-refractivity contribution is 5.80. The standard InChI is InChI=1S/C15H26N2O3/c18-14(19)15(16-13-3-4-13)6-1-2-12(15)5-7-17-8-10-20-11-9-17/h12-13,16H,1-11H2,(H,18,19). The summed E-state index contributed by atoms with van der Waals surface area (Å²) in [4.78, 5) is 14.3. The van der Waals surface area contributed by atoms with Crippen LogP contribution in [0.1, 0.15) is 38.5 Å². The largest absolute Gasteiger partial charge is 0.480 e. The predicted octanol–water partition coefficient (Wildman–Crippen LogP) is 1.08. The molecule has 0 spiro atoms. The summed E-state index contributed by atoms with van der Waals surface area (Å²) < 4.78 is 5.36. The Balaban J connectivity index is 1.59. The van der Waals surface area contributed by atoms with Crippen molar-refractivity contribution in [3.05, 3.63) is 0 Å². The fourth-order valence-electron chi connectivity index (χ4n) is 3.76. The molecule has 1 heterocycles. The van der Waals surface area contributed by atoms with Gasteiger partial charge in [-0.1, -0.05) is 6.42 Å². The molecule has 3 fully saturated rings. The number of nitrogens with one attached hydrogen (secondary N) is 1. The van der Waals surface area contributed by atoms with Gasteiger partial charge in [0.15, 0.2) is 0 Å². The normalized spacial score (nSPS) is 35.3. The number of ether oxygens (including phenoxy) is 1. The summed E-state index contributed by atoms with van der Waals surface area (Å²) in [6.07, 6.45) is 6.17. The first kappa shape index (κ1) is 14.3. The Morgan fingerprint density at radius 3 is 2.70 bits per heavy atom. The number of aliphatic carboxylic acids is 1. The highest BCUT2D eigenvalue weighted by Gasteiger charge is 2.51. The highest BCUT2D eigenvalue weighted by Crippen LogP contribution is 2.40. The van der Waals surface area contributed by atoms with Gasteiger partial charge < -0.3 is 9.84 Å². The van der Waals surface area contributed by atoms with Crippen molar-refractivity contribution in [3.63, 3.8) is 0 Å². The Kier molecular flexibility index (Phi) is 4.29. The molecule has 2 atom stereocenters. The first-order valence-electron chi connectivity index (χ1n) is 8.02. The molecule has 20 heavy (non-hydrogen) atoms. The zero-order valence-corrected chi connectivity index (χ0v) is 12.1. The molecule has 0 amide bonds. The molecule has 5 heteroatoms. The van der Waals surface area contributed by atoms with Gasteiger partial charge in [-0.05, 0) is 44.6 Å². The van der Waals surface area contributed by atoms with Crippen molar-refractivity contribution in [2.45, 2.75) is 50.1 Å². The smallest absolute Gasteiger partial charge is 0.324 e. The Morgan fingerprint density at radius 1 is 1.30 bits per heavy atom. The van der Waals surface area contributed by atoms with Crippen molar-refractivity contribution < 1.29 is 14.6 Å². The van der Waals surface area contributed by atoms with E-state index in [2.05, 4.69) is 10.2 Å². The monoisotopic (exact) mass is 282 g/mol. The summed E-state index contributed by atoms with van der Waals surface area (Å²) >= 11 is 0. The van der Waals surface area contributed by atoms with Gasteiger partial charge in [0, 0.05) is 19.1 Å². The van der Waals surface area contributed by atoms with E-state index in [4.69, 9.17) is 4.74 Å². The Hall–Kier alpha value is -0.650. The number of rotatable bonds is 6. The topological polar surface area (TPSA) is 61.8 Å². The molecule has 0 aromatic carbocycles. The van der Waals surface area contributed by atoms with Crippen molar-refractivity contribution in [3.8, 4) is 0 Å². The van der Waals surface area contributed by atoms with Gasteiger partial charge in [-0.25, -0.2) is 0 Å². The number of carboxylic acid groups (broad SMARTS) is 1. The van der Waals surface area contributed by atoms with Crippen LogP contribution in [-0.2, 0) is 9.53 Å². The summed E-state index contributed by atoms with van der Waals surface area (Å²) in [5.41, 5.74) is -0.645. The van der Waals surface area contributed by atoms with Crippen molar-refractivity contribution in [1.82, 2.24) is 10.2 Å². The average molecular weight is 282 g/mol. The molecule has 0 aromatic rings. The van der Waals surface area contributed by atoms with E-state index in [0.717, 1.165) is 71.4 Å². The van der Waals surface area contributed by atoms with E-state index in [0.29, 0.717) is 6.04 Å². The zero-order valence-electron chi connectivity index (χ0n) is 12.1. The van der Waals surface area contributed by atoms with Gasteiger partial charge in [0.2, 0.25) is 0 Å². The van der Waals surface area contributed by atoms with Crippen LogP contribution in [0.3, 0.4) is 0 Å². The third kappa shape index (κ3) is 3.00. The summed E-state index contributed by atoms with van der Waals surface area (Å²) in [5.74, 6) is -0.350. The summed E-state index contributed by atoms with van der Waals surface area (Å²) in [5, 5.41) is 13.2. The Morgan fingerprint density at radius 2 is 2.05 bits per heavy atom. The number of nitrogens with zero attached hydrogens (tertiary/aromatic N) is 1. The second-order valence-corrected chi connectivity index (χ2v) is 6.53. The molecule has 5 nitrogen and oxygen atoms in total. The van der Waals surface area contributed by atoms with Gasteiger partial charge >= 0.3 is 5.97 Å². The lowest BCUT2D eigenvalue weighted by Gasteiger charge is -2.35. The van der Waals surface area contributed by atoms with Crippen LogP contribution >= 0.6 is 0 Å². The van der Waals surface area contributed by atoms with E-state index in [1.54, 1.807) is 0 Å². The molecular formula is C15H26N2O3. The van der Waals surface area contributed by atoms with Gasteiger partial charge in [0.05, 0.1) is 13.2 Å². The van der Waals surface area contributed by atoms with Crippen LogP contribution in [0.4, 0.5) is 0 Å². The molecule has 0 aromatic heterocycles. The van der Waals surface area contributed by atoms with E-state index in [9.17, 15) is 9.90 Å². The minimum Gasteiger partial charge on any atom is -0.480 e. The molecule has 114 valence electrons. The maximum atomic E-state index is 11.9. The van der Waals surface area contributed by atoms with E-state index in [-0.39, 0.29) is 5.92 Å². The van der Waals surface area contributed by atoms with Crippen LogP contribution in [0.25, 0.3) is 0 Å². The molecular weight excluding hydrogens is 256 g/mol. The minimum absolute atomic E-state index is 0.281.